The van der Waals surface area contributed by atoms with Gasteiger partial charge in [0.15, 0.2) is 21.4 Å². The zero-order valence-corrected chi connectivity index (χ0v) is 14.4. The molecule has 134 valence electrons. The van der Waals surface area contributed by atoms with Gasteiger partial charge in [0.25, 0.3) is 0 Å². The molecule has 0 amide bonds. The lowest BCUT2D eigenvalue weighted by Crippen LogP contribution is -2.30. The minimum Gasteiger partial charge on any atom is -0.494 e. The summed E-state index contributed by atoms with van der Waals surface area (Å²) in [5.74, 6) is -2.46. The monoisotopic (exact) mass is 377 g/mol. The Labute approximate surface area is 147 Å². The lowest BCUT2D eigenvalue weighted by molar-refractivity contribution is 0.0977. The molecule has 0 unspecified atom stereocenters. The Morgan fingerprint density at radius 2 is 1.92 bits per heavy atom. The van der Waals surface area contributed by atoms with Crippen LogP contribution in [0, 0.1) is 5.82 Å². The van der Waals surface area contributed by atoms with Crippen molar-refractivity contribution in [3.8, 4) is 5.75 Å². The normalized spacial score (nSPS) is 14.3. The van der Waals surface area contributed by atoms with E-state index in [0.717, 1.165) is 24.8 Å². The number of allylic oxidation sites excluding steroid dienone is 2. The van der Waals surface area contributed by atoms with Gasteiger partial charge >= 0.3 is 0 Å². The molecule has 0 atom stereocenters. The maximum atomic E-state index is 13.9. The summed E-state index contributed by atoms with van der Waals surface area (Å²) in [4.78, 5) is 31.9. The fourth-order valence-corrected chi connectivity index (χ4v) is 3.44. The van der Waals surface area contributed by atoms with Gasteiger partial charge in [0.2, 0.25) is 11.6 Å². The Kier molecular flexibility index (Phi) is 4.28. The Bertz CT molecular complexity index is 1080. The van der Waals surface area contributed by atoms with E-state index in [1.165, 1.54) is 19.2 Å². The van der Waals surface area contributed by atoms with Crippen LogP contribution in [0.4, 0.5) is 10.1 Å². The van der Waals surface area contributed by atoms with Crippen molar-refractivity contribution >= 4 is 27.1 Å². The van der Waals surface area contributed by atoms with Crippen LogP contribution in [0.5, 0.6) is 5.75 Å². The van der Waals surface area contributed by atoms with Crippen LogP contribution in [-0.2, 0) is 9.84 Å². The molecule has 1 heterocycles. The molecule has 26 heavy (non-hydrogen) atoms. The predicted octanol–water partition coefficient (Wildman–Crippen LogP) is 1.37. The van der Waals surface area contributed by atoms with E-state index in [1.54, 1.807) is 0 Å². The van der Waals surface area contributed by atoms with Crippen molar-refractivity contribution in [3.63, 3.8) is 0 Å². The number of Topliss-reactive ketones (excluding diaryl/α,β-unsaturated/α-hetero) is 2. The van der Waals surface area contributed by atoms with Crippen LogP contribution in [0.2, 0.25) is 0 Å². The number of hydrogen-bond donors (Lipinski definition) is 1. The smallest absolute Gasteiger partial charge is 0.225 e. The van der Waals surface area contributed by atoms with E-state index in [1.807, 2.05) is 0 Å². The van der Waals surface area contributed by atoms with Gasteiger partial charge in [-0.15, -0.1) is 0 Å². The minimum atomic E-state index is -4.08. The van der Waals surface area contributed by atoms with Crippen LogP contribution in [0.1, 0.15) is 20.8 Å². The number of hydrogen-bond acceptors (Lipinski definition) is 8. The molecule has 1 aliphatic carbocycles. The van der Waals surface area contributed by atoms with E-state index in [0.29, 0.717) is 0 Å². The number of fused-ring (bicyclic) bond motifs is 1. The van der Waals surface area contributed by atoms with Crippen molar-refractivity contribution in [1.82, 2.24) is 9.97 Å². The van der Waals surface area contributed by atoms with E-state index in [-0.39, 0.29) is 22.7 Å². The molecule has 8 nitrogen and oxygen atoms in total. The third-order valence-electron chi connectivity index (χ3n) is 3.62. The molecule has 1 aliphatic rings. The summed E-state index contributed by atoms with van der Waals surface area (Å²) in [6, 6.07) is 3.69. The molecule has 0 fully saturated rings. The third kappa shape index (κ3) is 2.94. The number of ketones is 2. The molecule has 1 N–H and O–H groups in total. The Morgan fingerprint density at radius 3 is 2.54 bits per heavy atom. The van der Waals surface area contributed by atoms with Gasteiger partial charge in [-0.2, -0.15) is 0 Å². The van der Waals surface area contributed by atoms with Crippen molar-refractivity contribution in [2.75, 3.05) is 18.7 Å². The number of carbonyl (C=O) groups excluding carboxylic acids is 2. The van der Waals surface area contributed by atoms with Crippen molar-refractivity contribution < 1.29 is 27.1 Å². The maximum Gasteiger partial charge on any atom is 0.225 e. The van der Waals surface area contributed by atoms with Crippen molar-refractivity contribution in [2.24, 2.45) is 0 Å². The fourth-order valence-electron chi connectivity index (χ4n) is 2.49. The van der Waals surface area contributed by atoms with Crippen molar-refractivity contribution in [2.45, 2.75) is 0 Å². The highest BCUT2D eigenvalue weighted by molar-refractivity contribution is 7.95. The molecule has 10 heteroatoms. The SMILES string of the molecule is COc1ccc(NC2=C(S(C)(=O)=O)C(=O)c3ncncc3C2=O)cc1F. The molecule has 1 aromatic carbocycles. The number of benzene rings is 1. The molecule has 0 saturated heterocycles. The average Bonchev–Trinajstić information content (AvgIpc) is 2.58. The number of anilines is 1. The first-order valence-electron chi connectivity index (χ1n) is 7.18. The fraction of sp³-hybridized carbons (Fsp3) is 0.125. The average molecular weight is 377 g/mol. The molecular weight excluding hydrogens is 365 g/mol. The number of aromatic nitrogens is 2. The third-order valence-corrected chi connectivity index (χ3v) is 4.76. The highest BCUT2D eigenvalue weighted by Gasteiger charge is 2.38. The number of rotatable bonds is 4. The first-order valence-corrected chi connectivity index (χ1v) is 9.07. The molecule has 0 aliphatic heterocycles. The van der Waals surface area contributed by atoms with Gasteiger partial charge < -0.3 is 10.1 Å². The van der Waals surface area contributed by atoms with Gasteiger partial charge in [-0.05, 0) is 12.1 Å². The van der Waals surface area contributed by atoms with Crippen LogP contribution in [0.15, 0.2) is 41.3 Å². The highest BCUT2D eigenvalue weighted by Crippen LogP contribution is 2.29. The van der Waals surface area contributed by atoms with E-state index in [9.17, 15) is 22.4 Å². The van der Waals surface area contributed by atoms with Gasteiger partial charge in [-0.1, -0.05) is 0 Å². The molecule has 3 rings (SSSR count). The number of carbonyl (C=O) groups is 2. The second-order valence-corrected chi connectivity index (χ2v) is 7.35. The predicted molar refractivity (Wildman–Crippen MR) is 89.1 cm³/mol. The van der Waals surface area contributed by atoms with Gasteiger partial charge in [-0.25, -0.2) is 22.8 Å². The van der Waals surface area contributed by atoms with Crippen LogP contribution in [0.25, 0.3) is 0 Å². The van der Waals surface area contributed by atoms with Gasteiger partial charge in [0.1, 0.15) is 22.6 Å². The Morgan fingerprint density at radius 1 is 1.19 bits per heavy atom. The molecule has 0 saturated carbocycles. The molecule has 0 bridgehead atoms. The van der Waals surface area contributed by atoms with Crippen LogP contribution in [-0.4, -0.2) is 43.3 Å². The van der Waals surface area contributed by atoms with Crippen LogP contribution in [0.3, 0.4) is 0 Å². The summed E-state index contributed by atoms with van der Waals surface area (Å²) >= 11 is 0. The molecule has 2 aromatic rings. The van der Waals surface area contributed by atoms with Crippen molar-refractivity contribution in [1.29, 1.82) is 0 Å². The highest BCUT2D eigenvalue weighted by atomic mass is 32.2. The number of nitrogens with one attached hydrogen (secondary N) is 1. The number of ether oxygens (including phenoxy) is 1. The van der Waals surface area contributed by atoms with Gasteiger partial charge in [0.05, 0.1) is 12.7 Å². The summed E-state index contributed by atoms with van der Waals surface area (Å²) in [7, 11) is -2.79. The summed E-state index contributed by atoms with van der Waals surface area (Å²) in [5.41, 5.74) is -0.844. The maximum absolute atomic E-state index is 13.9. The quantitative estimate of drug-likeness (QED) is 0.849. The van der Waals surface area contributed by atoms with E-state index in [4.69, 9.17) is 4.74 Å². The van der Waals surface area contributed by atoms with Crippen LogP contribution < -0.4 is 10.1 Å². The Hall–Kier alpha value is -3.14. The zero-order chi connectivity index (χ0) is 19.1. The van der Waals surface area contributed by atoms with Crippen molar-refractivity contribution in [3.05, 3.63) is 58.4 Å². The van der Waals surface area contributed by atoms with E-state index < -0.39 is 37.8 Å². The summed E-state index contributed by atoms with van der Waals surface area (Å²) in [5, 5.41) is 2.53. The standard InChI is InChI=1S/C16H12FN3O5S/c1-25-11-4-3-8(5-10(11)17)20-13-14(21)9-6-18-7-19-12(9)15(22)16(13)26(2,23)24/h3-7,20H,1-2H3. The van der Waals surface area contributed by atoms with E-state index >= 15 is 0 Å². The van der Waals surface area contributed by atoms with E-state index in [2.05, 4.69) is 15.3 Å². The van der Waals surface area contributed by atoms with Gasteiger partial charge in [0, 0.05) is 24.2 Å². The zero-order valence-electron chi connectivity index (χ0n) is 13.6. The molecular formula is C16H12FN3O5S. The first kappa shape index (κ1) is 17.7. The Balaban J connectivity index is 2.17. The largest absolute Gasteiger partial charge is 0.494 e. The molecule has 0 spiro atoms. The topological polar surface area (TPSA) is 115 Å². The van der Waals surface area contributed by atoms with Crippen LogP contribution >= 0.6 is 0 Å². The molecule has 1 aromatic heterocycles. The number of sulfone groups is 1. The minimum absolute atomic E-state index is 0.0299. The summed E-state index contributed by atoms with van der Waals surface area (Å²) in [6.45, 7) is 0. The lowest BCUT2D eigenvalue weighted by atomic mass is 9.98. The number of nitrogens with zero attached hydrogens (tertiary/aromatic N) is 2. The second kappa shape index (κ2) is 6.30. The number of methoxy groups -OCH3 is 1. The lowest BCUT2D eigenvalue weighted by Gasteiger charge is -2.20. The summed E-state index contributed by atoms with van der Waals surface area (Å²) in [6.07, 6.45) is 2.97. The van der Waals surface area contributed by atoms with Gasteiger partial charge in [-0.3, -0.25) is 9.59 Å². The first-order chi connectivity index (χ1) is 12.2. The summed E-state index contributed by atoms with van der Waals surface area (Å²) < 4.78 is 42.9. The number of halogens is 1. The molecule has 0 radical (unpaired) electrons. The second-order valence-electron chi connectivity index (χ2n) is 5.39.